The van der Waals surface area contributed by atoms with Crippen molar-refractivity contribution >= 4 is 10.0 Å². The first-order valence-corrected chi connectivity index (χ1v) is 7.92. The fraction of sp³-hybridized carbons (Fsp3) is 0.714. The molecule has 0 saturated heterocycles. The van der Waals surface area contributed by atoms with E-state index in [1.54, 1.807) is 0 Å². The van der Waals surface area contributed by atoms with E-state index in [1.807, 2.05) is 12.2 Å². The van der Waals surface area contributed by atoms with E-state index in [0.29, 0.717) is 0 Å². The average Bonchev–Trinajstić information content (AvgIpc) is 2.37. The van der Waals surface area contributed by atoms with Gasteiger partial charge in [0.05, 0.1) is 12.2 Å². The van der Waals surface area contributed by atoms with E-state index in [4.69, 9.17) is 8.85 Å². The van der Waals surface area contributed by atoms with Crippen molar-refractivity contribution < 1.29 is 8.85 Å². The lowest BCUT2D eigenvalue weighted by Gasteiger charge is -2.17. The fourth-order valence-corrected chi connectivity index (χ4v) is 2.60. The van der Waals surface area contributed by atoms with Crippen molar-refractivity contribution in [2.45, 2.75) is 64.6 Å². The molecular formula is C14H28O2Si. The zero-order valence-corrected chi connectivity index (χ0v) is 12.9. The van der Waals surface area contributed by atoms with E-state index in [-0.39, 0.29) is 12.2 Å². The minimum absolute atomic E-state index is 0.179. The normalized spacial score (nSPS) is 14.9. The summed E-state index contributed by atoms with van der Waals surface area (Å²) >= 11 is 0. The predicted octanol–water partition coefficient (Wildman–Crippen LogP) is 3.51. The van der Waals surface area contributed by atoms with Crippen LogP contribution in [0.15, 0.2) is 25.3 Å². The molecule has 17 heavy (non-hydrogen) atoms. The van der Waals surface area contributed by atoms with Crippen LogP contribution in [0.25, 0.3) is 0 Å². The monoisotopic (exact) mass is 256 g/mol. The summed E-state index contributed by atoms with van der Waals surface area (Å²) in [6.07, 6.45) is 11.0. The molecule has 0 aliphatic heterocycles. The summed E-state index contributed by atoms with van der Waals surface area (Å²) in [6.45, 7) is 12.0. The summed E-state index contributed by atoms with van der Waals surface area (Å²) in [6, 6.07) is 0. The Morgan fingerprint density at radius 1 is 0.941 bits per heavy atom. The third-order valence-corrected chi connectivity index (χ3v) is 3.90. The van der Waals surface area contributed by atoms with Crippen LogP contribution in [-0.4, -0.2) is 22.2 Å². The van der Waals surface area contributed by atoms with E-state index in [2.05, 4.69) is 27.0 Å². The molecule has 0 aliphatic carbocycles. The second-order valence-electron chi connectivity index (χ2n) is 4.28. The summed E-state index contributed by atoms with van der Waals surface area (Å²) in [5.41, 5.74) is 0. The van der Waals surface area contributed by atoms with Gasteiger partial charge in [0.2, 0.25) is 0 Å². The summed E-state index contributed by atoms with van der Waals surface area (Å²) in [4.78, 5) is 0. The van der Waals surface area contributed by atoms with Gasteiger partial charge in [0.1, 0.15) is 0 Å². The number of rotatable bonds is 12. The summed E-state index contributed by atoms with van der Waals surface area (Å²) in [5, 5.41) is 0. The highest BCUT2D eigenvalue weighted by molar-refractivity contribution is 6.18. The first-order valence-electron chi connectivity index (χ1n) is 6.76. The maximum Gasteiger partial charge on any atom is 0.305 e. The topological polar surface area (TPSA) is 18.5 Å². The van der Waals surface area contributed by atoms with Crippen LogP contribution >= 0.6 is 0 Å². The highest BCUT2D eigenvalue weighted by atomic mass is 28.3. The molecule has 0 aromatic carbocycles. The third kappa shape index (κ3) is 9.33. The van der Waals surface area contributed by atoms with Gasteiger partial charge in [-0.3, -0.25) is 0 Å². The summed E-state index contributed by atoms with van der Waals surface area (Å²) in [7, 11) is -0.904. The molecule has 0 radical (unpaired) electrons. The largest absolute Gasteiger partial charge is 0.392 e. The Labute approximate surface area is 109 Å². The minimum Gasteiger partial charge on any atom is -0.392 e. The average molecular weight is 256 g/mol. The second-order valence-corrected chi connectivity index (χ2v) is 5.19. The first-order chi connectivity index (χ1) is 8.28. The molecule has 2 atom stereocenters. The van der Waals surface area contributed by atoms with Gasteiger partial charge < -0.3 is 8.85 Å². The van der Waals surface area contributed by atoms with Gasteiger partial charge in [0, 0.05) is 0 Å². The Kier molecular flexibility index (Phi) is 11.8. The summed E-state index contributed by atoms with van der Waals surface area (Å²) in [5.74, 6) is 0. The predicted molar refractivity (Wildman–Crippen MR) is 77.7 cm³/mol. The van der Waals surface area contributed by atoms with Crippen molar-refractivity contribution in [2.75, 3.05) is 0 Å². The van der Waals surface area contributed by atoms with Gasteiger partial charge in [-0.25, -0.2) is 0 Å². The molecular weight excluding hydrogens is 228 g/mol. The minimum atomic E-state index is -0.904. The van der Waals surface area contributed by atoms with Crippen LogP contribution in [0.4, 0.5) is 0 Å². The second kappa shape index (κ2) is 12.1. The van der Waals surface area contributed by atoms with Gasteiger partial charge in [-0.1, -0.05) is 51.7 Å². The van der Waals surface area contributed by atoms with Crippen LogP contribution in [-0.2, 0) is 8.85 Å². The van der Waals surface area contributed by atoms with Crippen molar-refractivity contribution in [3.05, 3.63) is 25.3 Å². The zero-order valence-electron chi connectivity index (χ0n) is 11.5. The van der Waals surface area contributed by atoms with Crippen molar-refractivity contribution in [2.24, 2.45) is 0 Å². The van der Waals surface area contributed by atoms with Crippen LogP contribution in [0.1, 0.15) is 52.4 Å². The number of hydrogen-bond donors (Lipinski definition) is 0. The Balaban J connectivity index is 3.69. The first kappa shape index (κ1) is 16.6. The lowest BCUT2D eigenvalue weighted by Crippen LogP contribution is -2.20. The van der Waals surface area contributed by atoms with Crippen LogP contribution in [0.5, 0.6) is 0 Å². The van der Waals surface area contributed by atoms with Gasteiger partial charge >= 0.3 is 10.0 Å². The van der Waals surface area contributed by atoms with Gasteiger partial charge in [-0.15, -0.1) is 13.2 Å². The van der Waals surface area contributed by atoms with E-state index in [9.17, 15) is 0 Å². The lowest BCUT2D eigenvalue weighted by molar-refractivity contribution is 0.148. The van der Waals surface area contributed by atoms with Crippen LogP contribution < -0.4 is 0 Å². The van der Waals surface area contributed by atoms with Gasteiger partial charge in [-0.05, 0) is 12.8 Å². The van der Waals surface area contributed by atoms with E-state index in [1.165, 1.54) is 25.7 Å². The molecule has 0 bridgehead atoms. The van der Waals surface area contributed by atoms with E-state index < -0.39 is 10.0 Å². The van der Waals surface area contributed by atoms with Gasteiger partial charge in [0.25, 0.3) is 0 Å². The van der Waals surface area contributed by atoms with E-state index >= 15 is 0 Å². The highest BCUT2D eigenvalue weighted by Gasteiger charge is 2.07. The van der Waals surface area contributed by atoms with Crippen molar-refractivity contribution in [3.8, 4) is 0 Å². The maximum absolute atomic E-state index is 5.76. The van der Waals surface area contributed by atoms with Crippen molar-refractivity contribution in [3.63, 3.8) is 0 Å². The Hall–Kier alpha value is -0.383. The zero-order chi connectivity index (χ0) is 12.9. The molecule has 0 saturated carbocycles. The summed E-state index contributed by atoms with van der Waals surface area (Å²) < 4.78 is 11.5. The molecule has 2 nitrogen and oxygen atoms in total. The van der Waals surface area contributed by atoms with E-state index in [0.717, 1.165) is 12.8 Å². The molecule has 0 fully saturated rings. The number of hydrogen-bond acceptors (Lipinski definition) is 2. The smallest absolute Gasteiger partial charge is 0.305 e. The van der Waals surface area contributed by atoms with Crippen molar-refractivity contribution in [1.82, 2.24) is 0 Å². The third-order valence-electron chi connectivity index (χ3n) is 2.77. The number of unbranched alkanes of at least 4 members (excludes halogenated alkanes) is 2. The van der Waals surface area contributed by atoms with Crippen LogP contribution in [0.2, 0.25) is 0 Å². The molecule has 0 rings (SSSR count). The highest BCUT2D eigenvalue weighted by Crippen LogP contribution is 2.08. The van der Waals surface area contributed by atoms with Crippen LogP contribution in [0.3, 0.4) is 0 Å². The molecule has 0 N–H and O–H groups in total. The fourth-order valence-electron chi connectivity index (χ4n) is 1.56. The van der Waals surface area contributed by atoms with Crippen molar-refractivity contribution in [1.29, 1.82) is 0 Å². The molecule has 0 spiro atoms. The Morgan fingerprint density at radius 2 is 1.35 bits per heavy atom. The molecule has 0 aromatic rings. The molecule has 2 unspecified atom stereocenters. The quantitative estimate of drug-likeness (QED) is 0.393. The Morgan fingerprint density at radius 3 is 1.65 bits per heavy atom. The van der Waals surface area contributed by atoms with Gasteiger partial charge in [-0.2, -0.15) is 0 Å². The standard InChI is InChI=1S/C14H28O2Si/c1-5-9-11-13(7-3)15-17-16-14(8-4)12-10-6-2/h7-8,13-14H,3-6,9-12,17H2,1-2H3. The maximum atomic E-state index is 5.76. The molecule has 0 aliphatic rings. The molecule has 0 heterocycles. The molecule has 0 amide bonds. The van der Waals surface area contributed by atoms with Crippen LogP contribution in [0, 0.1) is 0 Å². The Bertz CT molecular complexity index is 175. The lowest BCUT2D eigenvalue weighted by atomic mass is 10.2. The molecule has 100 valence electrons. The van der Waals surface area contributed by atoms with Gasteiger partial charge in [0.15, 0.2) is 0 Å². The molecule has 3 heteroatoms. The SMILES string of the molecule is C=CC(CCCC)O[SiH2]OC(C=C)CCCC. The molecule has 0 aromatic heterocycles.